The van der Waals surface area contributed by atoms with Crippen molar-refractivity contribution >= 4 is 11.3 Å². The van der Waals surface area contributed by atoms with Crippen LogP contribution in [0.3, 0.4) is 0 Å². The molecule has 0 bridgehead atoms. The summed E-state index contributed by atoms with van der Waals surface area (Å²) in [4.78, 5) is 4.12. The van der Waals surface area contributed by atoms with Gasteiger partial charge in [-0.05, 0) is 13.0 Å². The van der Waals surface area contributed by atoms with Crippen molar-refractivity contribution in [1.82, 2.24) is 4.98 Å². The third-order valence-corrected chi connectivity index (χ3v) is 2.24. The van der Waals surface area contributed by atoms with Crippen LogP contribution in [0.1, 0.15) is 5.56 Å². The first-order valence-corrected chi connectivity index (χ1v) is 4.63. The molecule has 0 aliphatic rings. The van der Waals surface area contributed by atoms with Gasteiger partial charge in [-0.15, -0.1) is 11.3 Å². The van der Waals surface area contributed by atoms with Crippen LogP contribution in [0.4, 0.5) is 0 Å². The van der Waals surface area contributed by atoms with Crippen LogP contribution in [0, 0.1) is 12.4 Å². The fourth-order valence-electron chi connectivity index (χ4n) is 1.12. The first-order chi connectivity index (χ1) is 5.86. The summed E-state index contributed by atoms with van der Waals surface area (Å²) in [6.07, 6.45) is 0. The Morgan fingerprint density at radius 3 is 3.00 bits per heavy atom. The van der Waals surface area contributed by atoms with Crippen LogP contribution in [0.5, 0.6) is 0 Å². The molecule has 0 unspecified atom stereocenters. The third-order valence-electron chi connectivity index (χ3n) is 1.70. The molecule has 12 heavy (non-hydrogen) atoms. The van der Waals surface area contributed by atoms with Gasteiger partial charge in [0.15, 0.2) is 5.51 Å². The second kappa shape index (κ2) is 3.07. The Morgan fingerprint density at radius 2 is 2.33 bits per heavy atom. The molecule has 1 aromatic heterocycles. The zero-order chi connectivity index (χ0) is 8.39. The molecule has 0 spiro atoms. The Kier molecular flexibility index (Phi) is 1.92. The molecule has 0 amide bonds. The zero-order valence-corrected chi connectivity index (χ0v) is 7.56. The fourth-order valence-corrected chi connectivity index (χ4v) is 1.63. The molecule has 0 aliphatic carbocycles. The van der Waals surface area contributed by atoms with E-state index in [0.717, 1.165) is 5.69 Å². The Bertz CT molecular complexity index is 365. The molecular formula is C10H8NS. The average molecular weight is 174 g/mol. The molecule has 0 atom stereocenters. The van der Waals surface area contributed by atoms with Gasteiger partial charge in [-0.25, -0.2) is 4.98 Å². The van der Waals surface area contributed by atoms with Crippen LogP contribution in [0.2, 0.25) is 0 Å². The lowest BCUT2D eigenvalue weighted by atomic mass is 10.1. The van der Waals surface area contributed by atoms with Crippen molar-refractivity contribution in [2.24, 2.45) is 0 Å². The lowest BCUT2D eigenvalue weighted by Gasteiger charge is -1.96. The summed E-state index contributed by atoms with van der Waals surface area (Å²) in [5.74, 6) is 0. The van der Waals surface area contributed by atoms with Crippen molar-refractivity contribution in [3.8, 4) is 11.3 Å². The van der Waals surface area contributed by atoms with Gasteiger partial charge >= 0.3 is 0 Å². The molecule has 2 aromatic rings. The van der Waals surface area contributed by atoms with E-state index < -0.39 is 0 Å². The molecule has 2 heteroatoms. The van der Waals surface area contributed by atoms with Crippen molar-refractivity contribution < 1.29 is 0 Å². The molecule has 2 rings (SSSR count). The van der Waals surface area contributed by atoms with Gasteiger partial charge in [0.1, 0.15) is 0 Å². The number of hydrogen-bond acceptors (Lipinski definition) is 2. The highest BCUT2D eigenvalue weighted by molar-refractivity contribution is 7.07. The van der Waals surface area contributed by atoms with E-state index in [4.69, 9.17) is 0 Å². The van der Waals surface area contributed by atoms with E-state index in [-0.39, 0.29) is 0 Å². The summed E-state index contributed by atoms with van der Waals surface area (Å²) in [6.45, 7) is 2.08. The second-order valence-electron chi connectivity index (χ2n) is 2.69. The van der Waals surface area contributed by atoms with E-state index in [0.29, 0.717) is 0 Å². The predicted molar refractivity (Wildman–Crippen MR) is 51.1 cm³/mol. The average Bonchev–Trinajstić information content (AvgIpc) is 2.56. The summed E-state index contributed by atoms with van der Waals surface area (Å²) in [5, 5.41) is 2.01. The molecule has 0 saturated carbocycles. The van der Waals surface area contributed by atoms with Gasteiger partial charge in [0.2, 0.25) is 0 Å². The topological polar surface area (TPSA) is 12.9 Å². The standard InChI is InChI=1S/C10H8NS/c1-8-3-2-4-9(5-8)10-6-12-7-11-10/h2-6H,1H3. The Morgan fingerprint density at radius 1 is 1.42 bits per heavy atom. The zero-order valence-electron chi connectivity index (χ0n) is 6.74. The minimum atomic E-state index is 1.02. The van der Waals surface area contributed by atoms with Crippen LogP contribution in [-0.2, 0) is 0 Å². The lowest BCUT2D eigenvalue weighted by molar-refractivity contribution is 1.38. The molecule has 1 nitrogen and oxygen atoms in total. The highest BCUT2D eigenvalue weighted by Crippen LogP contribution is 2.19. The number of rotatable bonds is 1. The van der Waals surface area contributed by atoms with Crippen LogP contribution in [-0.4, -0.2) is 4.98 Å². The van der Waals surface area contributed by atoms with E-state index in [1.54, 1.807) is 0 Å². The van der Waals surface area contributed by atoms with E-state index in [2.05, 4.69) is 35.6 Å². The Balaban J connectivity index is 2.48. The number of aromatic nitrogens is 1. The van der Waals surface area contributed by atoms with Gasteiger partial charge in [0, 0.05) is 10.9 Å². The van der Waals surface area contributed by atoms with Gasteiger partial charge in [-0.2, -0.15) is 0 Å². The van der Waals surface area contributed by atoms with E-state index in [1.807, 2.05) is 11.4 Å². The van der Waals surface area contributed by atoms with Gasteiger partial charge < -0.3 is 0 Å². The molecule has 1 heterocycles. The maximum absolute atomic E-state index is 4.12. The molecular weight excluding hydrogens is 166 g/mol. The van der Waals surface area contributed by atoms with Gasteiger partial charge in [0.25, 0.3) is 0 Å². The van der Waals surface area contributed by atoms with Crippen LogP contribution < -0.4 is 0 Å². The monoisotopic (exact) mass is 174 g/mol. The van der Waals surface area contributed by atoms with E-state index in [9.17, 15) is 0 Å². The van der Waals surface area contributed by atoms with Crippen molar-refractivity contribution in [2.45, 2.75) is 6.92 Å². The van der Waals surface area contributed by atoms with Gasteiger partial charge in [-0.3, -0.25) is 0 Å². The molecule has 0 saturated heterocycles. The predicted octanol–water partition coefficient (Wildman–Crippen LogP) is 2.92. The van der Waals surface area contributed by atoms with Crippen molar-refractivity contribution in [3.05, 3.63) is 40.7 Å². The summed E-state index contributed by atoms with van der Waals surface area (Å²) >= 11 is 1.50. The smallest absolute Gasteiger partial charge is 0.152 e. The first kappa shape index (κ1) is 7.50. The van der Waals surface area contributed by atoms with E-state index in [1.165, 1.54) is 22.5 Å². The number of aryl methyl sites for hydroxylation is 1. The van der Waals surface area contributed by atoms with Crippen molar-refractivity contribution in [1.29, 1.82) is 0 Å². The SMILES string of the molecule is Cc1cccc(-c2cs[c]n2)c1. The minimum absolute atomic E-state index is 1.02. The lowest BCUT2D eigenvalue weighted by Crippen LogP contribution is -1.77. The molecule has 1 radical (unpaired) electrons. The summed E-state index contributed by atoms with van der Waals surface area (Å²) in [5.41, 5.74) is 6.29. The molecule has 0 aliphatic heterocycles. The third kappa shape index (κ3) is 1.38. The van der Waals surface area contributed by atoms with Gasteiger partial charge in [0.05, 0.1) is 5.69 Å². The molecule has 0 fully saturated rings. The normalized spacial score (nSPS) is 10.1. The molecule has 59 valence electrons. The van der Waals surface area contributed by atoms with Crippen LogP contribution >= 0.6 is 11.3 Å². The van der Waals surface area contributed by atoms with E-state index >= 15 is 0 Å². The quantitative estimate of drug-likeness (QED) is 0.647. The largest absolute Gasteiger partial charge is 0.233 e. The number of nitrogens with zero attached hydrogens (tertiary/aromatic N) is 1. The first-order valence-electron chi connectivity index (χ1n) is 3.75. The number of thiazole rings is 1. The van der Waals surface area contributed by atoms with Crippen molar-refractivity contribution in [2.75, 3.05) is 0 Å². The number of benzene rings is 1. The Labute approximate surface area is 75.7 Å². The highest BCUT2D eigenvalue weighted by atomic mass is 32.1. The number of hydrogen-bond donors (Lipinski definition) is 0. The maximum Gasteiger partial charge on any atom is 0.152 e. The molecule has 0 N–H and O–H groups in total. The van der Waals surface area contributed by atoms with Gasteiger partial charge in [-0.1, -0.05) is 23.8 Å². The summed E-state index contributed by atoms with van der Waals surface area (Å²) in [7, 11) is 0. The second-order valence-corrected chi connectivity index (χ2v) is 3.35. The fraction of sp³-hybridized carbons (Fsp3) is 0.100. The van der Waals surface area contributed by atoms with Crippen molar-refractivity contribution in [3.63, 3.8) is 0 Å². The minimum Gasteiger partial charge on any atom is -0.233 e. The molecule has 1 aromatic carbocycles. The maximum atomic E-state index is 4.12. The summed E-state index contributed by atoms with van der Waals surface area (Å²) in [6, 6.07) is 8.32. The highest BCUT2D eigenvalue weighted by Gasteiger charge is 1.98. The van der Waals surface area contributed by atoms with Crippen LogP contribution in [0.15, 0.2) is 29.6 Å². The Hall–Kier alpha value is -1.15. The van der Waals surface area contributed by atoms with Crippen LogP contribution in [0.25, 0.3) is 11.3 Å². The summed E-state index contributed by atoms with van der Waals surface area (Å²) < 4.78 is 0.